The van der Waals surface area contributed by atoms with Crippen molar-refractivity contribution in [2.24, 2.45) is 7.05 Å². The maximum atomic E-state index is 11.8. The number of carboxylic acids is 1. The van der Waals surface area contributed by atoms with E-state index in [1.807, 2.05) is 65.2 Å². The zero-order valence-electron chi connectivity index (χ0n) is 17.0. The van der Waals surface area contributed by atoms with Gasteiger partial charge in [0.15, 0.2) is 0 Å². The number of hydrogen-bond donors (Lipinski definition) is 0. The number of nitrogens with zero attached hydrogens (tertiary/aromatic N) is 2. The first-order chi connectivity index (χ1) is 14.5. The number of benzene rings is 1. The molecule has 0 amide bonds. The van der Waals surface area contributed by atoms with Crippen LogP contribution in [0.1, 0.15) is 19.3 Å². The summed E-state index contributed by atoms with van der Waals surface area (Å²) >= 11 is 0. The van der Waals surface area contributed by atoms with Crippen LogP contribution in [0.4, 0.5) is 13.2 Å². The second-order valence-corrected chi connectivity index (χ2v) is 8.17. The van der Waals surface area contributed by atoms with E-state index in [2.05, 4.69) is 0 Å². The number of aromatic nitrogens is 2. The highest BCUT2D eigenvalue weighted by Gasteiger charge is 2.28. The minimum atomic E-state index is -5.19. The summed E-state index contributed by atoms with van der Waals surface area (Å²) in [4.78, 5) is 8.78. The predicted molar refractivity (Wildman–Crippen MR) is 102 cm³/mol. The van der Waals surface area contributed by atoms with Gasteiger partial charge < -0.3 is 14.6 Å². The van der Waals surface area contributed by atoms with Crippen molar-refractivity contribution in [2.45, 2.75) is 32.0 Å². The van der Waals surface area contributed by atoms with Crippen molar-refractivity contribution in [1.82, 2.24) is 4.57 Å². The van der Waals surface area contributed by atoms with Gasteiger partial charge in [0.25, 0.3) is 10.1 Å². The summed E-state index contributed by atoms with van der Waals surface area (Å²) in [5, 5.41) is 8.78. The SMILES string of the molecule is C[n+]1ccn(CCCCS(=O)(=O)OCCCOc2ccccc2)c1.O=C([O-])C(F)(F)F. The van der Waals surface area contributed by atoms with Gasteiger partial charge in [-0.2, -0.15) is 21.6 Å². The number of para-hydroxylation sites is 1. The van der Waals surface area contributed by atoms with E-state index in [0.717, 1.165) is 18.7 Å². The second kappa shape index (κ2) is 13.0. The quantitative estimate of drug-likeness (QED) is 0.280. The Hall–Kier alpha value is -2.60. The molecule has 0 aliphatic carbocycles. The highest BCUT2D eigenvalue weighted by Crippen LogP contribution is 2.11. The summed E-state index contributed by atoms with van der Waals surface area (Å²) in [6.45, 7) is 1.40. The maximum Gasteiger partial charge on any atom is 0.430 e. The molecular weight excluding hydrogens is 441 g/mol. The number of imidazole rings is 1. The van der Waals surface area contributed by atoms with Gasteiger partial charge in [0.2, 0.25) is 6.33 Å². The number of carboxylic acid groups (broad SMARTS) is 1. The standard InChI is InChI=1S/C17H25N2O4S.C2HF3O2/c1-18-11-12-19(16-18)10-5-6-15-24(20,21)23-14-7-13-22-17-8-3-2-4-9-17;3-2(4,5)1(6)7/h2-4,8-9,11-12,16H,5-7,10,13-15H2,1H3;(H,6,7)/q+1;/p-1. The molecule has 0 spiro atoms. The Kier molecular flexibility index (Phi) is 11.0. The summed E-state index contributed by atoms with van der Waals surface area (Å²) in [5.41, 5.74) is 0. The summed E-state index contributed by atoms with van der Waals surface area (Å²) in [6.07, 6.45) is 2.62. The number of carbonyl (C=O) groups excluding carboxylic acids is 1. The number of alkyl halides is 3. The number of halogens is 3. The van der Waals surface area contributed by atoms with Crippen LogP contribution in [0.5, 0.6) is 5.75 Å². The van der Waals surface area contributed by atoms with Crippen molar-refractivity contribution in [1.29, 1.82) is 0 Å². The molecule has 2 rings (SSSR count). The molecule has 8 nitrogen and oxygen atoms in total. The van der Waals surface area contributed by atoms with Gasteiger partial charge in [-0.15, -0.1) is 0 Å². The maximum absolute atomic E-state index is 11.8. The Bertz CT molecular complexity index is 886. The zero-order valence-corrected chi connectivity index (χ0v) is 17.8. The van der Waals surface area contributed by atoms with E-state index in [0.29, 0.717) is 19.4 Å². The summed E-state index contributed by atoms with van der Waals surface area (Å²) in [7, 11) is -1.49. The predicted octanol–water partition coefficient (Wildman–Crippen LogP) is 1.21. The van der Waals surface area contributed by atoms with Gasteiger partial charge >= 0.3 is 6.18 Å². The molecular formula is C19H25F3N2O6S. The van der Waals surface area contributed by atoms with Crippen LogP contribution in [0.3, 0.4) is 0 Å². The molecule has 1 aromatic carbocycles. The normalized spacial score (nSPS) is 11.5. The molecule has 31 heavy (non-hydrogen) atoms. The fourth-order valence-electron chi connectivity index (χ4n) is 2.22. The number of unbranched alkanes of at least 4 members (excludes halogenated alkanes) is 1. The Morgan fingerprint density at radius 1 is 1.13 bits per heavy atom. The smallest absolute Gasteiger partial charge is 0.430 e. The summed E-state index contributed by atoms with van der Waals surface area (Å²) in [6, 6.07) is 9.43. The van der Waals surface area contributed by atoms with Crippen molar-refractivity contribution in [2.75, 3.05) is 19.0 Å². The van der Waals surface area contributed by atoms with Crippen LogP contribution in [0.2, 0.25) is 0 Å². The van der Waals surface area contributed by atoms with Crippen molar-refractivity contribution in [3.05, 3.63) is 49.1 Å². The Morgan fingerprint density at radius 3 is 2.32 bits per heavy atom. The average Bonchev–Trinajstić information content (AvgIpc) is 3.11. The molecule has 0 fully saturated rings. The molecule has 174 valence electrons. The van der Waals surface area contributed by atoms with Gasteiger partial charge in [-0.1, -0.05) is 18.2 Å². The van der Waals surface area contributed by atoms with Crippen molar-refractivity contribution in [3.8, 4) is 5.75 Å². The van der Waals surface area contributed by atoms with Crippen molar-refractivity contribution in [3.63, 3.8) is 0 Å². The van der Waals surface area contributed by atoms with Crippen LogP contribution < -0.4 is 14.4 Å². The first-order valence-corrected chi connectivity index (χ1v) is 10.9. The minimum Gasteiger partial charge on any atom is -0.542 e. The minimum absolute atomic E-state index is 0.0555. The van der Waals surface area contributed by atoms with E-state index >= 15 is 0 Å². The third-order valence-electron chi connectivity index (χ3n) is 3.68. The van der Waals surface area contributed by atoms with Gasteiger partial charge in [0.05, 0.1) is 32.6 Å². The van der Waals surface area contributed by atoms with E-state index in [4.69, 9.17) is 18.8 Å². The molecule has 0 saturated heterocycles. The number of carbonyl (C=O) groups is 1. The highest BCUT2D eigenvalue weighted by molar-refractivity contribution is 7.86. The first kappa shape index (κ1) is 26.4. The number of ether oxygens (including phenoxy) is 1. The van der Waals surface area contributed by atoms with E-state index in [9.17, 15) is 21.6 Å². The van der Waals surface area contributed by atoms with E-state index in [1.165, 1.54) is 0 Å². The lowest BCUT2D eigenvalue weighted by Crippen LogP contribution is -2.37. The highest BCUT2D eigenvalue weighted by atomic mass is 32.2. The second-order valence-electron chi connectivity index (χ2n) is 6.41. The molecule has 0 bridgehead atoms. The van der Waals surface area contributed by atoms with E-state index < -0.39 is 22.3 Å². The van der Waals surface area contributed by atoms with Crippen molar-refractivity contribution < 1.29 is 45.0 Å². The summed E-state index contributed by atoms with van der Waals surface area (Å²) in [5.74, 6) is -2.17. The molecule has 0 N–H and O–H groups in total. The molecule has 0 radical (unpaired) electrons. The van der Waals surface area contributed by atoms with E-state index in [-0.39, 0.29) is 12.4 Å². The fraction of sp³-hybridized carbons (Fsp3) is 0.474. The molecule has 12 heteroatoms. The topological polar surface area (TPSA) is 102 Å². The third kappa shape index (κ3) is 12.6. The van der Waals surface area contributed by atoms with Gasteiger partial charge in [-0.3, -0.25) is 4.18 Å². The third-order valence-corrected chi connectivity index (χ3v) is 4.99. The lowest BCUT2D eigenvalue weighted by Gasteiger charge is -2.07. The fourth-order valence-corrected chi connectivity index (χ4v) is 3.26. The monoisotopic (exact) mass is 466 g/mol. The van der Waals surface area contributed by atoms with Crippen LogP contribution in [-0.2, 0) is 32.7 Å². The van der Waals surface area contributed by atoms with Crippen LogP contribution in [0.15, 0.2) is 49.1 Å². The first-order valence-electron chi connectivity index (χ1n) is 9.34. The van der Waals surface area contributed by atoms with Crippen LogP contribution >= 0.6 is 0 Å². The van der Waals surface area contributed by atoms with Gasteiger partial charge in [-0.05, 0) is 25.0 Å². The summed E-state index contributed by atoms with van der Waals surface area (Å²) < 4.78 is 69.6. The number of rotatable bonds is 11. The number of hydrogen-bond acceptors (Lipinski definition) is 6. The van der Waals surface area contributed by atoms with Crippen LogP contribution in [-0.4, -0.2) is 44.1 Å². The van der Waals surface area contributed by atoms with Crippen LogP contribution in [0, 0.1) is 0 Å². The average molecular weight is 466 g/mol. The molecule has 0 saturated carbocycles. The van der Waals surface area contributed by atoms with Gasteiger partial charge in [0.1, 0.15) is 24.1 Å². The zero-order chi connectivity index (χ0) is 23.3. The lowest BCUT2D eigenvalue weighted by atomic mass is 10.3. The largest absolute Gasteiger partial charge is 0.542 e. The molecule has 0 atom stereocenters. The molecule has 0 unspecified atom stereocenters. The molecule has 0 aliphatic rings. The molecule has 0 aliphatic heterocycles. The Labute approximate surface area is 179 Å². The molecule has 1 aromatic heterocycles. The lowest BCUT2D eigenvalue weighted by molar-refractivity contribution is -0.671. The van der Waals surface area contributed by atoms with Crippen molar-refractivity contribution >= 4 is 16.1 Å². The number of aryl methyl sites for hydroxylation is 2. The van der Waals surface area contributed by atoms with E-state index in [1.54, 1.807) is 0 Å². The Balaban J connectivity index is 0.000000592. The number of aliphatic carboxylic acids is 1. The van der Waals surface area contributed by atoms with Gasteiger partial charge in [-0.25, -0.2) is 9.13 Å². The molecule has 1 heterocycles. The molecule has 2 aromatic rings. The van der Waals surface area contributed by atoms with Crippen LogP contribution in [0.25, 0.3) is 0 Å². The Morgan fingerprint density at radius 2 is 1.77 bits per heavy atom. The van der Waals surface area contributed by atoms with Gasteiger partial charge in [0, 0.05) is 6.42 Å².